The number of carbonyl (C=O) groups excluding carboxylic acids is 3. The maximum atomic E-state index is 12.8. The number of alkyl halides is 1. The average molecular weight is 976 g/mol. The number of aryl methyl sites for hydroxylation is 2. The number of nitrogens with zero attached hydrogens (tertiary/aromatic N) is 9. The summed E-state index contributed by atoms with van der Waals surface area (Å²) in [5, 5.41) is 23.0. The number of piperazine rings is 2. The van der Waals surface area contributed by atoms with Crippen LogP contribution in [0.5, 0.6) is 11.5 Å². The van der Waals surface area contributed by atoms with Crippen LogP contribution in [0.4, 0.5) is 11.4 Å². The number of hydrogen-bond acceptors (Lipinski definition) is 13. The first-order chi connectivity index (χ1) is 29.5. The summed E-state index contributed by atoms with van der Waals surface area (Å²) >= 11 is 17.7. The SMILES string of the molecule is COc1cc(N2CCN(C(=O)CCl)CC2)ccc1Cl.COc1cc(N2CCN(C(=O)Cn3nc(C)c4cccnc43)CC2)ccc1Cl.Cc1[nH]nc2ncccc12.O=CO[O-].[H-].[K+].[K+]. The number of methoxy groups -OCH3 is 2. The van der Waals surface area contributed by atoms with Gasteiger partial charge in [-0.25, -0.2) is 14.6 Å². The zero-order valence-corrected chi connectivity index (χ0v) is 44.6. The Morgan fingerprint density at radius 3 is 1.75 bits per heavy atom. The topological polar surface area (TPSA) is 187 Å². The number of pyridine rings is 2. The minimum Gasteiger partial charge on any atom is -1.00 e. The number of H-pyrrole nitrogens is 1. The molecule has 22 heteroatoms. The van der Waals surface area contributed by atoms with Crippen LogP contribution in [-0.2, 0) is 25.8 Å². The molecule has 2 amide bonds. The van der Waals surface area contributed by atoms with Crippen LogP contribution in [0.3, 0.4) is 0 Å². The summed E-state index contributed by atoms with van der Waals surface area (Å²) in [7, 11) is 3.21. The summed E-state index contributed by atoms with van der Waals surface area (Å²) in [5.41, 5.74) is 5.60. The van der Waals surface area contributed by atoms with E-state index in [0.29, 0.717) is 47.7 Å². The van der Waals surface area contributed by atoms with Crippen LogP contribution in [0.15, 0.2) is 73.1 Å². The Morgan fingerprint density at radius 2 is 1.27 bits per heavy atom. The number of amides is 2. The van der Waals surface area contributed by atoms with Crippen LogP contribution in [-0.4, -0.2) is 130 Å². The summed E-state index contributed by atoms with van der Waals surface area (Å²) in [5.74, 6) is 1.43. The van der Waals surface area contributed by atoms with Gasteiger partial charge in [0, 0.05) is 105 Å². The first-order valence-electron chi connectivity index (χ1n) is 19.1. The van der Waals surface area contributed by atoms with Gasteiger partial charge in [0.25, 0.3) is 6.47 Å². The van der Waals surface area contributed by atoms with E-state index in [0.717, 1.165) is 71.0 Å². The molecule has 2 aliphatic rings. The smallest absolute Gasteiger partial charge is 1.00 e. The summed E-state index contributed by atoms with van der Waals surface area (Å²) in [6.45, 7) is 9.73. The molecule has 2 saturated heterocycles. The molecule has 4 aromatic heterocycles. The molecule has 0 radical (unpaired) electrons. The number of carbonyl (C=O) groups is 3. The third kappa shape index (κ3) is 15.2. The monoisotopic (exact) mass is 974 g/mol. The number of aromatic amines is 1. The molecule has 0 bridgehead atoms. The number of hydrogen-bond donors (Lipinski definition) is 1. The van der Waals surface area contributed by atoms with E-state index < -0.39 is 0 Å². The van der Waals surface area contributed by atoms with E-state index >= 15 is 0 Å². The summed E-state index contributed by atoms with van der Waals surface area (Å²) in [6, 6.07) is 19.2. The Kier molecular flexibility index (Phi) is 24.1. The maximum absolute atomic E-state index is 12.8. The van der Waals surface area contributed by atoms with Gasteiger partial charge in [-0.3, -0.25) is 19.5 Å². The van der Waals surface area contributed by atoms with Gasteiger partial charge < -0.3 is 40.6 Å². The van der Waals surface area contributed by atoms with Gasteiger partial charge in [0.15, 0.2) is 11.3 Å². The van der Waals surface area contributed by atoms with Crippen LogP contribution in [0.25, 0.3) is 22.1 Å². The molecule has 1 N–H and O–H groups in total. The molecule has 6 heterocycles. The van der Waals surface area contributed by atoms with Gasteiger partial charge in [-0.1, -0.05) is 23.2 Å². The average Bonchev–Trinajstić information content (AvgIpc) is 3.84. The molecule has 0 unspecified atom stereocenters. The Balaban J connectivity index is 0.000000338. The maximum Gasteiger partial charge on any atom is 1.00 e. The molecule has 17 nitrogen and oxygen atoms in total. The van der Waals surface area contributed by atoms with Crippen molar-refractivity contribution in [3.8, 4) is 11.5 Å². The normalized spacial score (nSPS) is 13.1. The molecule has 326 valence electrons. The van der Waals surface area contributed by atoms with Crippen molar-refractivity contribution in [3.63, 3.8) is 0 Å². The Hall–Kier alpha value is -2.61. The molecule has 63 heavy (non-hydrogen) atoms. The van der Waals surface area contributed by atoms with Crippen molar-refractivity contribution in [3.05, 3.63) is 94.5 Å². The van der Waals surface area contributed by atoms with Gasteiger partial charge in [-0.15, -0.1) is 11.6 Å². The van der Waals surface area contributed by atoms with Crippen LogP contribution >= 0.6 is 34.8 Å². The standard InChI is InChI=1S/C20H22ClN5O2.C13H16Cl2N2O2.C7H7N3.CH2O3.2K.H/c1-14-16-4-3-7-22-20(16)26(23-14)13-19(27)25-10-8-24(9-11-25)15-5-6-17(21)18(12-15)28-2;1-19-12-8-10(2-3-11(12)15)16-4-6-17(7-5-16)13(18)9-14;1-5-6-3-2-4-8-7(6)10-9-5;2-1-4-3;;;/h3-7,12H,8-11,13H2,1-2H3;2-3,8H,4-7,9H2,1H3;2-4H,1H3,(H,8,9,10);1,3H;;;/q;;;;2*+1;-1/p-1. The zero-order valence-electron chi connectivity index (χ0n) is 37.1. The fourth-order valence-electron chi connectivity index (χ4n) is 6.68. The fraction of sp³-hybridized carbons (Fsp3) is 0.341. The number of ether oxygens (including phenoxy) is 2. The predicted octanol–water partition coefficient (Wildman–Crippen LogP) is -1.19. The van der Waals surface area contributed by atoms with Crippen molar-refractivity contribution in [2.45, 2.75) is 20.4 Å². The quantitative estimate of drug-likeness (QED) is 0.0632. The number of fused-ring (bicyclic) bond motifs is 2. The van der Waals surface area contributed by atoms with E-state index in [1.807, 2.05) is 79.4 Å². The number of halogens is 3. The molecule has 2 fully saturated rings. The van der Waals surface area contributed by atoms with E-state index in [1.54, 1.807) is 36.2 Å². The Bertz CT molecular complexity index is 2400. The van der Waals surface area contributed by atoms with E-state index in [4.69, 9.17) is 54.3 Å². The second kappa shape index (κ2) is 27.8. The van der Waals surface area contributed by atoms with Crippen LogP contribution in [0, 0.1) is 13.8 Å². The van der Waals surface area contributed by atoms with Crippen molar-refractivity contribution in [1.82, 2.24) is 39.7 Å². The molecule has 0 spiro atoms. The Labute approximate surface area is 466 Å². The molecular formula is C41H47Cl3K2N10O7. The van der Waals surface area contributed by atoms with Crippen molar-refractivity contribution in [2.24, 2.45) is 0 Å². The summed E-state index contributed by atoms with van der Waals surface area (Å²) in [6.07, 6.45) is 3.46. The second-order valence-corrected chi connectivity index (χ2v) is 14.6. The summed E-state index contributed by atoms with van der Waals surface area (Å²) < 4.78 is 12.2. The second-order valence-electron chi connectivity index (χ2n) is 13.5. The number of benzene rings is 2. The molecular weight excluding hydrogens is 929 g/mol. The molecule has 2 aliphatic heterocycles. The van der Waals surface area contributed by atoms with E-state index in [2.05, 4.69) is 40.0 Å². The van der Waals surface area contributed by atoms with Gasteiger partial charge in [0.1, 0.15) is 23.9 Å². The first-order valence-corrected chi connectivity index (χ1v) is 20.3. The van der Waals surface area contributed by atoms with E-state index in [9.17, 15) is 9.59 Å². The van der Waals surface area contributed by atoms with Crippen molar-refractivity contribution >= 4 is 86.5 Å². The molecule has 8 rings (SSSR count). The summed E-state index contributed by atoms with van der Waals surface area (Å²) in [4.78, 5) is 52.1. The van der Waals surface area contributed by atoms with Crippen molar-refractivity contribution in [1.29, 1.82) is 0 Å². The van der Waals surface area contributed by atoms with E-state index in [-0.39, 0.29) is 135 Å². The fourth-order valence-corrected chi connectivity index (χ4v) is 7.24. The molecule has 0 atom stereocenters. The van der Waals surface area contributed by atoms with Gasteiger partial charge in [-0.2, -0.15) is 10.2 Å². The van der Waals surface area contributed by atoms with Gasteiger partial charge in [0.05, 0.1) is 30.0 Å². The predicted molar refractivity (Wildman–Crippen MR) is 233 cm³/mol. The van der Waals surface area contributed by atoms with Crippen LogP contribution in [0.2, 0.25) is 10.0 Å². The third-order valence-corrected chi connectivity index (χ3v) is 10.8. The third-order valence-electron chi connectivity index (χ3n) is 9.91. The largest absolute Gasteiger partial charge is 1.00 e. The van der Waals surface area contributed by atoms with Crippen LogP contribution < -0.4 is 127 Å². The molecule has 0 saturated carbocycles. The zero-order chi connectivity index (χ0) is 43.9. The molecule has 6 aromatic rings. The Morgan fingerprint density at radius 1 is 0.778 bits per heavy atom. The first kappa shape index (κ1) is 54.7. The van der Waals surface area contributed by atoms with Crippen LogP contribution in [0.1, 0.15) is 12.8 Å². The molecule has 0 aliphatic carbocycles. The van der Waals surface area contributed by atoms with Crippen molar-refractivity contribution in [2.75, 3.05) is 82.3 Å². The van der Waals surface area contributed by atoms with Crippen molar-refractivity contribution < 1.29 is 138 Å². The number of anilines is 2. The number of rotatable bonds is 8. The minimum absolute atomic E-state index is 0. The molecule has 2 aromatic carbocycles. The van der Waals surface area contributed by atoms with Gasteiger partial charge >= 0.3 is 103 Å². The van der Waals surface area contributed by atoms with Gasteiger partial charge in [-0.05, 0) is 62.4 Å². The number of nitrogens with one attached hydrogen (secondary N) is 1. The van der Waals surface area contributed by atoms with Gasteiger partial charge in [0.2, 0.25) is 11.8 Å². The van der Waals surface area contributed by atoms with E-state index in [1.165, 1.54) is 0 Å². The minimum atomic E-state index is -0.181. The number of aromatic nitrogens is 6.